The lowest BCUT2D eigenvalue weighted by molar-refractivity contribution is -0.198. The maximum atomic E-state index is 12.0. The van der Waals surface area contributed by atoms with Crippen LogP contribution in [0.15, 0.2) is 18.2 Å². The van der Waals surface area contributed by atoms with Crippen LogP contribution in [0, 0.1) is 6.92 Å². The number of anilines is 1. The summed E-state index contributed by atoms with van der Waals surface area (Å²) < 4.78 is 36.1. The molecule has 18 heavy (non-hydrogen) atoms. The highest BCUT2D eigenvalue weighted by Crippen LogP contribution is 2.21. The zero-order valence-corrected chi connectivity index (χ0v) is 9.45. The molecule has 1 aromatic rings. The Morgan fingerprint density at radius 1 is 1.44 bits per heavy atom. The van der Waals surface area contributed by atoms with Gasteiger partial charge in [0.05, 0.1) is 5.56 Å². The molecule has 0 bridgehead atoms. The van der Waals surface area contributed by atoms with Crippen LogP contribution in [-0.4, -0.2) is 35.0 Å². The Balaban J connectivity index is 2.70. The second kappa shape index (κ2) is 5.26. The second-order valence-corrected chi connectivity index (χ2v) is 3.77. The lowest BCUT2D eigenvalue weighted by Crippen LogP contribution is -2.35. The van der Waals surface area contributed by atoms with E-state index in [0.717, 1.165) is 0 Å². The van der Waals surface area contributed by atoms with Crippen molar-refractivity contribution in [2.75, 3.05) is 11.9 Å². The average molecular weight is 263 g/mol. The van der Waals surface area contributed by atoms with Crippen LogP contribution in [-0.2, 0) is 0 Å². The Morgan fingerprint density at radius 2 is 2.06 bits per heavy atom. The van der Waals surface area contributed by atoms with Crippen LogP contribution < -0.4 is 5.32 Å². The van der Waals surface area contributed by atoms with E-state index in [2.05, 4.69) is 5.32 Å². The van der Waals surface area contributed by atoms with Crippen LogP contribution >= 0.6 is 0 Å². The standard InChI is InChI=1S/C11H12F3NO3/c1-6-4-7(2-3-8(6)10(17)18)15-5-9(16)11(12,13)14/h2-4,9,15-16H,5H2,1H3,(H,17,18). The van der Waals surface area contributed by atoms with Crippen molar-refractivity contribution < 1.29 is 28.2 Å². The Bertz CT molecular complexity index is 446. The topological polar surface area (TPSA) is 69.6 Å². The number of carboxylic acid groups (broad SMARTS) is 1. The molecule has 0 spiro atoms. The summed E-state index contributed by atoms with van der Waals surface area (Å²) in [6.07, 6.45) is -7.14. The van der Waals surface area contributed by atoms with Gasteiger partial charge in [-0.25, -0.2) is 4.79 Å². The zero-order chi connectivity index (χ0) is 13.9. The van der Waals surface area contributed by atoms with E-state index in [4.69, 9.17) is 10.2 Å². The molecule has 0 radical (unpaired) electrons. The number of hydrogen-bond donors (Lipinski definition) is 3. The first-order valence-electron chi connectivity index (χ1n) is 5.04. The van der Waals surface area contributed by atoms with E-state index in [0.29, 0.717) is 11.3 Å². The van der Waals surface area contributed by atoms with Gasteiger partial charge < -0.3 is 15.5 Å². The summed E-state index contributed by atoms with van der Waals surface area (Å²) in [5.41, 5.74) is 0.826. The predicted molar refractivity (Wildman–Crippen MR) is 58.7 cm³/mol. The van der Waals surface area contributed by atoms with Gasteiger partial charge in [-0.05, 0) is 30.7 Å². The number of benzene rings is 1. The van der Waals surface area contributed by atoms with E-state index in [9.17, 15) is 18.0 Å². The van der Waals surface area contributed by atoms with Crippen molar-refractivity contribution in [3.63, 3.8) is 0 Å². The fraction of sp³-hybridized carbons (Fsp3) is 0.364. The van der Waals surface area contributed by atoms with Crippen molar-refractivity contribution in [1.82, 2.24) is 0 Å². The van der Waals surface area contributed by atoms with Crippen LogP contribution in [0.2, 0.25) is 0 Å². The van der Waals surface area contributed by atoms with Crippen LogP contribution in [0.1, 0.15) is 15.9 Å². The van der Waals surface area contributed by atoms with E-state index in [1.165, 1.54) is 25.1 Å². The zero-order valence-electron chi connectivity index (χ0n) is 9.45. The lowest BCUT2D eigenvalue weighted by atomic mass is 10.1. The predicted octanol–water partition coefficient (Wildman–Crippen LogP) is 2.03. The third kappa shape index (κ3) is 3.63. The molecule has 0 aliphatic heterocycles. The normalized spacial score (nSPS) is 13.2. The fourth-order valence-corrected chi connectivity index (χ4v) is 1.34. The van der Waals surface area contributed by atoms with Gasteiger partial charge in [0.15, 0.2) is 6.10 Å². The molecular formula is C11H12F3NO3. The number of halogens is 3. The summed E-state index contributed by atoms with van der Waals surface area (Å²) in [7, 11) is 0. The number of nitrogens with one attached hydrogen (secondary N) is 1. The number of hydrogen-bond acceptors (Lipinski definition) is 3. The van der Waals surface area contributed by atoms with Crippen molar-refractivity contribution >= 4 is 11.7 Å². The van der Waals surface area contributed by atoms with Gasteiger partial charge >= 0.3 is 12.1 Å². The molecule has 0 saturated heterocycles. The molecule has 1 unspecified atom stereocenters. The molecule has 0 aliphatic carbocycles. The van der Waals surface area contributed by atoms with Crippen molar-refractivity contribution in [3.05, 3.63) is 29.3 Å². The number of rotatable bonds is 4. The largest absolute Gasteiger partial charge is 0.478 e. The van der Waals surface area contributed by atoms with Crippen LogP contribution in [0.3, 0.4) is 0 Å². The summed E-state index contributed by atoms with van der Waals surface area (Å²) in [6, 6.07) is 4.05. The third-order valence-electron chi connectivity index (χ3n) is 2.33. The molecule has 0 heterocycles. The van der Waals surface area contributed by atoms with Gasteiger partial charge in [0.25, 0.3) is 0 Å². The number of aliphatic hydroxyl groups excluding tert-OH is 1. The Morgan fingerprint density at radius 3 is 2.50 bits per heavy atom. The molecule has 0 aromatic heterocycles. The maximum absolute atomic E-state index is 12.0. The quantitative estimate of drug-likeness (QED) is 0.777. The fourth-order valence-electron chi connectivity index (χ4n) is 1.34. The molecule has 1 rings (SSSR count). The van der Waals surface area contributed by atoms with E-state index in [1.54, 1.807) is 0 Å². The van der Waals surface area contributed by atoms with Crippen molar-refractivity contribution in [3.8, 4) is 0 Å². The smallest absolute Gasteiger partial charge is 0.416 e. The first-order valence-corrected chi connectivity index (χ1v) is 5.04. The highest BCUT2D eigenvalue weighted by Gasteiger charge is 2.37. The second-order valence-electron chi connectivity index (χ2n) is 3.77. The molecule has 4 nitrogen and oxygen atoms in total. The minimum Gasteiger partial charge on any atom is -0.478 e. The summed E-state index contributed by atoms with van der Waals surface area (Å²) >= 11 is 0. The molecule has 3 N–H and O–H groups in total. The van der Waals surface area contributed by atoms with Crippen molar-refractivity contribution in [2.24, 2.45) is 0 Å². The molecule has 0 fully saturated rings. The van der Waals surface area contributed by atoms with Crippen LogP contribution in [0.25, 0.3) is 0 Å². The summed E-state index contributed by atoms with van der Waals surface area (Å²) in [5.74, 6) is -1.10. The van der Waals surface area contributed by atoms with Crippen molar-refractivity contribution in [1.29, 1.82) is 0 Å². The lowest BCUT2D eigenvalue weighted by Gasteiger charge is -2.16. The summed E-state index contributed by atoms with van der Waals surface area (Å²) in [6.45, 7) is 0.851. The highest BCUT2D eigenvalue weighted by molar-refractivity contribution is 5.89. The molecule has 7 heteroatoms. The number of aliphatic hydroxyl groups is 1. The monoisotopic (exact) mass is 263 g/mol. The summed E-state index contributed by atoms with van der Waals surface area (Å²) in [5, 5.41) is 19.9. The van der Waals surface area contributed by atoms with Gasteiger partial charge in [-0.2, -0.15) is 13.2 Å². The van der Waals surface area contributed by atoms with Gasteiger partial charge in [-0.3, -0.25) is 0 Å². The molecular weight excluding hydrogens is 251 g/mol. The van der Waals surface area contributed by atoms with Crippen molar-refractivity contribution in [2.45, 2.75) is 19.2 Å². The van der Waals surface area contributed by atoms with Gasteiger partial charge in [0.2, 0.25) is 0 Å². The third-order valence-corrected chi connectivity index (χ3v) is 2.33. The van der Waals surface area contributed by atoms with Gasteiger partial charge in [0, 0.05) is 12.2 Å². The van der Waals surface area contributed by atoms with E-state index < -0.39 is 24.8 Å². The van der Waals surface area contributed by atoms with Gasteiger partial charge in [0.1, 0.15) is 0 Å². The van der Waals surface area contributed by atoms with Crippen LogP contribution in [0.4, 0.5) is 18.9 Å². The maximum Gasteiger partial charge on any atom is 0.416 e. The highest BCUT2D eigenvalue weighted by atomic mass is 19.4. The number of aryl methyl sites for hydroxylation is 1. The minimum atomic E-state index is -4.68. The number of alkyl halides is 3. The molecule has 1 aromatic carbocycles. The summed E-state index contributed by atoms with van der Waals surface area (Å²) in [4.78, 5) is 10.7. The Labute approximate surface area is 101 Å². The molecule has 0 amide bonds. The SMILES string of the molecule is Cc1cc(NCC(O)C(F)(F)F)ccc1C(=O)O. The van der Waals surface area contributed by atoms with Crippen LogP contribution in [0.5, 0.6) is 0 Å². The Hall–Kier alpha value is -1.76. The Kier molecular flexibility index (Phi) is 4.18. The first kappa shape index (κ1) is 14.3. The molecule has 0 aliphatic rings. The van der Waals surface area contributed by atoms with E-state index in [1.807, 2.05) is 0 Å². The molecule has 0 saturated carbocycles. The minimum absolute atomic E-state index is 0.0805. The van der Waals surface area contributed by atoms with Gasteiger partial charge in [-0.15, -0.1) is 0 Å². The molecule has 100 valence electrons. The number of carboxylic acids is 1. The molecule has 1 atom stereocenters. The van der Waals surface area contributed by atoms with E-state index >= 15 is 0 Å². The van der Waals surface area contributed by atoms with Gasteiger partial charge in [-0.1, -0.05) is 0 Å². The number of carbonyl (C=O) groups is 1. The number of aromatic carboxylic acids is 1. The first-order chi connectivity index (χ1) is 8.21. The average Bonchev–Trinajstić information content (AvgIpc) is 2.24. The van der Waals surface area contributed by atoms with E-state index in [-0.39, 0.29) is 5.56 Å².